The van der Waals surface area contributed by atoms with Crippen molar-refractivity contribution in [3.8, 4) is 11.5 Å². The Bertz CT molecular complexity index is 1420. The highest BCUT2D eigenvalue weighted by Crippen LogP contribution is 2.43. The van der Waals surface area contributed by atoms with E-state index in [4.69, 9.17) is 19.4 Å². The van der Waals surface area contributed by atoms with E-state index in [0.717, 1.165) is 46.2 Å². The number of hydrogen-bond donors (Lipinski definition) is 1. The third-order valence-corrected chi connectivity index (χ3v) is 7.54. The van der Waals surface area contributed by atoms with E-state index in [-0.39, 0.29) is 5.91 Å². The van der Waals surface area contributed by atoms with Crippen molar-refractivity contribution in [3.05, 3.63) is 65.9 Å². The number of hydrogen-bond acceptors (Lipinski definition) is 8. The lowest BCUT2D eigenvalue weighted by molar-refractivity contribution is -0.121. The van der Waals surface area contributed by atoms with E-state index in [2.05, 4.69) is 29.2 Å². The smallest absolute Gasteiger partial charge is 0.232 e. The standard InChI is InChI=1S/C28H30N6O3S/c1-18(2)38-28-31-25(33-13-15-36-16-14-33)21-17-30-34(26(21)32-28)12-11-29-27(35)24-19-7-3-5-9-22(19)37-23-10-6-4-8-20(23)24/h3-10,17-18,24H,11-16H2,1-2H3,(H,29,35). The first-order valence-electron chi connectivity index (χ1n) is 12.9. The van der Waals surface area contributed by atoms with Gasteiger partial charge in [-0.25, -0.2) is 14.6 Å². The Morgan fingerprint density at radius 1 is 1.05 bits per heavy atom. The highest BCUT2D eigenvalue weighted by atomic mass is 32.2. The van der Waals surface area contributed by atoms with E-state index in [1.54, 1.807) is 11.8 Å². The maximum Gasteiger partial charge on any atom is 0.232 e. The molecule has 4 heterocycles. The van der Waals surface area contributed by atoms with Crippen LogP contribution in [0.1, 0.15) is 30.9 Å². The van der Waals surface area contributed by atoms with Crippen molar-refractivity contribution >= 4 is 34.5 Å². The van der Waals surface area contributed by atoms with Gasteiger partial charge in [-0.05, 0) is 12.1 Å². The summed E-state index contributed by atoms with van der Waals surface area (Å²) < 4.78 is 13.4. The number of thioether (sulfide) groups is 1. The summed E-state index contributed by atoms with van der Waals surface area (Å²) >= 11 is 1.64. The number of carbonyl (C=O) groups is 1. The monoisotopic (exact) mass is 530 g/mol. The normalized spacial score (nSPS) is 15.3. The van der Waals surface area contributed by atoms with Crippen molar-refractivity contribution in [3.63, 3.8) is 0 Å². The number of fused-ring (bicyclic) bond motifs is 3. The van der Waals surface area contributed by atoms with E-state index in [1.807, 2.05) is 59.4 Å². The molecule has 2 aliphatic rings. The van der Waals surface area contributed by atoms with Crippen molar-refractivity contribution in [2.24, 2.45) is 0 Å². The number of morpholine rings is 1. The van der Waals surface area contributed by atoms with Gasteiger partial charge in [-0.3, -0.25) is 4.79 Å². The summed E-state index contributed by atoms with van der Waals surface area (Å²) in [5.74, 6) is 1.82. The number of carbonyl (C=O) groups excluding carboxylic acids is 1. The maximum absolute atomic E-state index is 13.5. The van der Waals surface area contributed by atoms with Crippen LogP contribution in [0, 0.1) is 0 Å². The average molecular weight is 531 g/mol. The van der Waals surface area contributed by atoms with E-state index in [0.29, 0.717) is 43.1 Å². The number of para-hydroxylation sites is 2. The van der Waals surface area contributed by atoms with Crippen molar-refractivity contribution in [1.82, 2.24) is 25.1 Å². The molecule has 6 rings (SSSR count). The zero-order chi connectivity index (χ0) is 26.1. The molecule has 1 fully saturated rings. The van der Waals surface area contributed by atoms with Crippen LogP contribution in [0.3, 0.4) is 0 Å². The van der Waals surface area contributed by atoms with Crippen LogP contribution in [-0.4, -0.2) is 63.8 Å². The summed E-state index contributed by atoms with van der Waals surface area (Å²) in [4.78, 5) is 25.5. The molecule has 2 aromatic carbocycles. The van der Waals surface area contributed by atoms with Gasteiger partial charge in [0.25, 0.3) is 0 Å². The number of nitrogens with zero attached hydrogens (tertiary/aromatic N) is 5. The van der Waals surface area contributed by atoms with Gasteiger partial charge in [0, 0.05) is 36.0 Å². The molecule has 0 atom stereocenters. The number of aromatic nitrogens is 4. The lowest BCUT2D eigenvalue weighted by Gasteiger charge is -2.28. The minimum absolute atomic E-state index is 0.0654. The number of ether oxygens (including phenoxy) is 2. The Labute approximate surface area is 225 Å². The summed E-state index contributed by atoms with van der Waals surface area (Å²) in [7, 11) is 0. The number of rotatable bonds is 7. The number of benzene rings is 2. The fourth-order valence-electron chi connectivity index (χ4n) is 4.94. The van der Waals surface area contributed by atoms with Gasteiger partial charge < -0.3 is 19.7 Å². The molecule has 2 aromatic heterocycles. The Balaban J connectivity index is 1.23. The highest BCUT2D eigenvalue weighted by molar-refractivity contribution is 7.99. The van der Waals surface area contributed by atoms with Crippen molar-refractivity contribution < 1.29 is 14.3 Å². The number of nitrogens with one attached hydrogen (secondary N) is 1. The molecule has 1 N–H and O–H groups in total. The Morgan fingerprint density at radius 2 is 1.74 bits per heavy atom. The van der Waals surface area contributed by atoms with Crippen molar-refractivity contribution in [2.45, 2.75) is 36.7 Å². The molecular formula is C28H30N6O3S. The van der Waals surface area contributed by atoms with Crippen molar-refractivity contribution in [2.75, 3.05) is 37.7 Å². The fraction of sp³-hybridized carbons (Fsp3) is 0.357. The largest absolute Gasteiger partial charge is 0.457 e. The van der Waals surface area contributed by atoms with Crippen LogP contribution >= 0.6 is 11.8 Å². The highest BCUT2D eigenvalue weighted by Gasteiger charge is 2.32. The lowest BCUT2D eigenvalue weighted by atomic mass is 9.87. The molecule has 9 nitrogen and oxygen atoms in total. The first-order chi connectivity index (χ1) is 18.6. The molecule has 38 heavy (non-hydrogen) atoms. The van der Waals surface area contributed by atoms with Gasteiger partial charge in [-0.2, -0.15) is 5.10 Å². The minimum Gasteiger partial charge on any atom is -0.457 e. The van der Waals surface area contributed by atoms with Crippen LogP contribution in [0.5, 0.6) is 11.5 Å². The quantitative estimate of drug-likeness (QED) is 0.280. The zero-order valence-electron chi connectivity index (χ0n) is 21.5. The average Bonchev–Trinajstić information content (AvgIpc) is 3.34. The predicted molar refractivity (Wildman–Crippen MR) is 147 cm³/mol. The predicted octanol–water partition coefficient (Wildman–Crippen LogP) is 4.22. The Morgan fingerprint density at radius 3 is 2.42 bits per heavy atom. The molecule has 1 saturated heterocycles. The number of anilines is 1. The van der Waals surface area contributed by atoms with Gasteiger partial charge in [0.2, 0.25) is 5.91 Å². The topological polar surface area (TPSA) is 94.4 Å². The molecule has 0 spiro atoms. The minimum atomic E-state index is -0.435. The third-order valence-electron chi connectivity index (χ3n) is 6.67. The molecule has 0 bridgehead atoms. The molecular weight excluding hydrogens is 500 g/mol. The van der Waals surface area contributed by atoms with E-state index >= 15 is 0 Å². The second-order valence-corrected chi connectivity index (χ2v) is 11.1. The molecule has 10 heteroatoms. The zero-order valence-corrected chi connectivity index (χ0v) is 22.3. The second kappa shape index (κ2) is 10.6. The van der Waals surface area contributed by atoms with Crippen LogP contribution in [-0.2, 0) is 16.1 Å². The van der Waals surface area contributed by atoms with Gasteiger partial charge in [-0.15, -0.1) is 0 Å². The number of amides is 1. The Hall–Kier alpha value is -3.63. The van der Waals surface area contributed by atoms with Gasteiger partial charge in [0.1, 0.15) is 17.3 Å². The first-order valence-corrected chi connectivity index (χ1v) is 13.8. The summed E-state index contributed by atoms with van der Waals surface area (Å²) in [5.41, 5.74) is 2.51. The van der Waals surface area contributed by atoms with Crippen LogP contribution in [0.2, 0.25) is 0 Å². The second-order valence-electron chi connectivity index (χ2n) is 9.60. The fourth-order valence-corrected chi connectivity index (χ4v) is 5.64. The molecule has 196 valence electrons. The SMILES string of the molecule is CC(C)Sc1nc(N2CCOCC2)c2cnn(CCNC(=O)C3c4ccccc4Oc4ccccc43)c2n1. The summed E-state index contributed by atoms with van der Waals surface area (Å²) in [6, 6.07) is 15.4. The third kappa shape index (κ3) is 4.81. The molecule has 1 amide bonds. The summed E-state index contributed by atoms with van der Waals surface area (Å²) in [6.07, 6.45) is 1.83. The van der Waals surface area contributed by atoms with Crippen LogP contribution in [0.15, 0.2) is 59.9 Å². The van der Waals surface area contributed by atoms with Crippen LogP contribution in [0.25, 0.3) is 11.0 Å². The first kappa shape index (κ1) is 24.7. The lowest BCUT2D eigenvalue weighted by Crippen LogP contribution is -2.37. The summed E-state index contributed by atoms with van der Waals surface area (Å²) in [6.45, 7) is 8.10. The van der Waals surface area contributed by atoms with Gasteiger partial charge in [0.15, 0.2) is 10.8 Å². The van der Waals surface area contributed by atoms with Crippen molar-refractivity contribution in [1.29, 1.82) is 0 Å². The van der Waals surface area contributed by atoms with E-state index in [9.17, 15) is 4.79 Å². The summed E-state index contributed by atoms with van der Waals surface area (Å²) in [5, 5.41) is 9.76. The Kier molecular flexibility index (Phi) is 6.90. The van der Waals surface area contributed by atoms with E-state index in [1.165, 1.54) is 0 Å². The van der Waals surface area contributed by atoms with Crippen LogP contribution in [0.4, 0.5) is 5.82 Å². The maximum atomic E-state index is 13.5. The molecule has 0 radical (unpaired) electrons. The van der Waals surface area contributed by atoms with Gasteiger partial charge in [-0.1, -0.05) is 62.0 Å². The molecule has 0 saturated carbocycles. The van der Waals surface area contributed by atoms with Gasteiger partial charge in [0.05, 0.1) is 37.3 Å². The molecule has 2 aliphatic heterocycles. The van der Waals surface area contributed by atoms with E-state index < -0.39 is 5.92 Å². The molecule has 4 aromatic rings. The molecule has 0 unspecified atom stereocenters. The molecule has 0 aliphatic carbocycles. The van der Waals surface area contributed by atoms with Gasteiger partial charge >= 0.3 is 0 Å². The van der Waals surface area contributed by atoms with Crippen LogP contribution < -0.4 is 15.0 Å².